The third kappa shape index (κ3) is 1.61. The van der Waals surface area contributed by atoms with Crippen LogP contribution in [0.4, 0.5) is 4.39 Å². The van der Waals surface area contributed by atoms with Crippen LogP contribution in [-0.4, -0.2) is 16.8 Å². The van der Waals surface area contributed by atoms with Gasteiger partial charge in [0.1, 0.15) is 11.4 Å². The Bertz CT molecular complexity index is 424. The minimum atomic E-state index is -1.37. The Kier molecular flexibility index (Phi) is 2.44. The zero-order valence-corrected chi connectivity index (χ0v) is 8.68. The Hall–Kier alpha value is -1.07. The van der Waals surface area contributed by atoms with E-state index in [-0.39, 0.29) is 5.82 Å². The third-order valence-corrected chi connectivity index (χ3v) is 3.62. The predicted octanol–water partition coefficient (Wildman–Crippen LogP) is 1.56. The molecule has 0 amide bonds. The smallest absolute Gasteiger partial charge is 0.328 e. The van der Waals surface area contributed by atoms with Crippen molar-refractivity contribution in [2.24, 2.45) is 5.73 Å². The van der Waals surface area contributed by atoms with E-state index in [1.807, 2.05) is 0 Å². The molecule has 2 rings (SSSR count). The molecule has 80 valence electrons. The Morgan fingerprint density at radius 2 is 2.33 bits per heavy atom. The summed E-state index contributed by atoms with van der Waals surface area (Å²) in [5, 5.41) is 9.09. The van der Waals surface area contributed by atoms with E-state index >= 15 is 0 Å². The van der Waals surface area contributed by atoms with E-state index in [1.165, 1.54) is 30.0 Å². The molecule has 0 fully saturated rings. The summed E-state index contributed by atoms with van der Waals surface area (Å²) in [5.41, 5.74) is 4.97. The number of carbonyl (C=O) groups is 1. The second-order valence-electron chi connectivity index (χ2n) is 3.52. The quantitative estimate of drug-likeness (QED) is 0.764. The minimum absolute atomic E-state index is 0.365. The molecule has 0 saturated carbocycles. The van der Waals surface area contributed by atoms with E-state index in [1.54, 1.807) is 0 Å². The van der Waals surface area contributed by atoms with E-state index < -0.39 is 11.5 Å². The van der Waals surface area contributed by atoms with Gasteiger partial charge < -0.3 is 10.8 Å². The highest BCUT2D eigenvalue weighted by molar-refractivity contribution is 7.99. The molecule has 0 spiro atoms. The number of benzene rings is 1. The number of rotatable bonds is 1. The van der Waals surface area contributed by atoms with Crippen LogP contribution in [0.5, 0.6) is 0 Å². The van der Waals surface area contributed by atoms with Crippen molar-refractivity contribution in [3.63, 3.8) is 0 Å². The summed E-state index contributed by atoms with van der Waals surface area (Å²) in [6.07, 6.45) is 0.367. The molecular weight excluding hydrogens is 217 g/mol. The number of hydrogen-bond acceptors (Lipinski definition) is 3. The van der Waals surface area contributed by atoms with Gasteiger partial charge in [0, 0.05) is 10.6 Å². The van der Waals surface area contributed by atoms with Crippen LogP contribution in [0, 0.1) is 5.82 Å². The van der Waals surface area contributed by atoms with Crippen molar-refractivity contribution in [3.8, 4) is 0 Å². The van der Waals surface area contributed by atoms with Gasteiger partial charge >= 0.3 is 5.97 Å². The number of carboxylic acids is 1. The summed E-state index contributed by atoms with van der Waals surface area (Å²) >= 11 is 1.44. The Labute approximate surface area is 90.5 Å². The van der Waals surface area contributed by atoms with Gasteiger partial charge in [0.15, 0.2) is 0 Å². The zero-order valence-electron chi connectivity index (χ0n) is 7.87. The maximum absolute atomic E-state index is 12.9. The number of thioether (sulfide) groups is 1. The topological polar surface area (TPSA) is 63.3 Å². The number of hydrogen-bond donors (Lipinski definition) is 2. The molecule has 5 heteroatoms. The average molecular weight is 227 g/mol. The summed E-state index contributed by atoms with van der Waals surface area (Å²) in [6.45, 7) is 0. The molecule has 1 heterocycles. The molecule has 3 N–H and O–H groups in total. The lowest BCUT2D eigenvalue weighted by molar-refractivity contribution is -0.144. The van der Waals surface area contributed by atoms with E-state index in [4.69, 9.17) is 10.8 Å². The van der Waals surface area contributed by atoms with Gasteiger partial charge in [-0.2, -0.15) is 0 Å². The van der Waals surface area contributed by atoms with Crippen LogP contribution in [0.3, 0.4) is 0 Å². The second kappa shape index (κ2) is 3.50. The van der Waals surface area contributed by atoms with Gasteiger partial charge in [-0.05, 0) is 24.1 Å². The fourth-order valence-corrected chi connectivity index (χ4v) is 2.91. The van der Waals surface area contributed by atoms with Crippen LogP contribution in [0.25, 0.3) is 0 Å². The standard InChI is InChI=1S/C10H10FNO2S/c11-6-1-2-7-8(5-6)15-4-3-10(7,12)9(13)14/h1-2,5H,3-4,12H2,(H,13,14). The van der Waals surface area contributed by atoms with Gasteiger partial charge in [-0.15, -0.1) is 11.8 Å². The summed E-state index contributed by atoms with van der Waals surface area (Å²) < 4.78 is 12.9. The molecule has 1 aromatic rings. The molecule has 1 unspecified atom stereocenters. The molecule has 0 saturated heterocycles. The van der Waals surface area contributed by atoms with Crippen LogP contribution in [0.15, 0.2) is 23.1 Å². The fourth-order valence-electron chi connectivity index (χ4n) is 1.66. The van der Waals surface area contributed by atoms with Gasteiger partial charge in [0.05, 0.1) is 0 Å². The minimum Gasteiger partial charge on any atom is -0.480 e. The van der Waals surface area contributed by atoms with Crippen molar-refractivity contribution in [2.75, 3.05) is 5.75 Å². The predicted molar refractivity (Wildman–Crippen MR) is 55.2 cm³/mol. The van der Waals surface area contributed by atoms with E-state index in [0.29, 0.717) is 22.6 Å². The van der Waals surface area contributed by atoms with E-state index in [9.17, 15) is 9.18 Å². The number of carboxylic acid groups (broad SMARTS) is 1. The maximum Gasteiger partial charge on any atom is 0.328 e. The average Bonchev–Trinajstić information content (AvgIpc) is 2.17. The largest absolute Gasteiger partial charge is 0.480 e. The molecule has 1 atom stereocenters. The summed E-state index contributed by atoms with van der Waals surface area (Å²) in [6, 6.07) is 4.05. The first-order valence-electron chi connectivity index (χ1n) is 4.49. The van der Waals surface area contributed by atoms with Crippen molar-refractivity contribution < 1.29 is 14.3 Å². The number of aliphatic carboxylic acids is 1. The fraction of sp³-hybridized carbons (Fsp3) is 0.300. The number of fused-ring (bicyclic) bond motifs is 1. The first-order chi connectivity index (χ1) is 7.04. The van der Waals surface area contributed by atoms with Gasteiger partial charge in [-0.1, -0.05) is 6.07 Å². The van der Waals surface area contributed by atoms with Crippen molar-refractivity contribution in [3.05, 3.63) is 29.6 Å². The van der Waals surface area contributed by atoms with Crippen LogP contribution in [0.2, 0.25) is 0 Å². The van der Waals surface area contributed by atoms with Crippen LogP contribution in [0.1, 0.15) is 12.0 Å². The molecule has 0 aromatic heterocycles. The van der Waals surface area contributed by atoms with Crippen molar-refractivity contribution in [1.29, 1.82) is 0 Å². The molecule has 1 aliphatic rings. The Morgan fingerprint density at radius 1 is 1.60 bits per heavy atom. The molecule has 1 aliphatic heterocycles. The van der Waals surface area contributed by atoms with Gasteiger partial charge in [0.25, 0.3) is 0 Å². The number of nitrogens with two attached hydrogens (primary N) is 1. The first kappa shape index (κ1) is 10.4. The summed E-state index contributed by atoms with van der Waals surface area (Å²) in [7, 11) is 0. The molecule has 1 aromatic carbocycles. The monoisotopic (exact) mass is 227 g/mol. The van der Waals surface area contributed by atoms with Crippen LogP contribution >= 0.6 is 11.8 Å². The van der Waals surface area contributed by atoms with Crippen molar-refractivity contribution in [1.82, 2.24) is 0 Å². The van der Waals surface area contributed by atoms with E-state index in [2.05, 4.69) is 0 Å². The van der Waals surface area contributed by atoms with Gasteiger partial charge in [-0.25, -0.2) is 9.18 Å². The maximum atomic E-state index is 12.9. The molecular formula is C10H10FNO2S. The third-order valence-electron chi connectivity index (χ3n) is 2.56. The zero-order chi connectivity index (χ0) is 11.1. The molecule has 0 aliphatic carbocycles. The van der Waals surface area contributed by atoms with Crippen LogP contribution < -0.4 is 5.73 Å². The lowest BCUT2D eigenvalue weighted by atomic mass is 9.88. The highest BCUT2D eigenvalue weighted by Crippen LogP contribution is 2.39. The molecule has 3 nitrogen and oxygen atoms in total. The highest BCUT2D eigenvalue weighted by Gasteiger charge is 2.40. The lowest BCUT2D eigenvalue weighted by Gasteiger charge is -2.31. The SMILES string of the molecule is NC1(C(=O)O)CCSc2cc(F)ccc21. The summed E-state index contributed by atoms with van der Waals surface area (Å²) in [5.74, 6) is -0.828. The number of halogens is 1. The van der Waals surface area contributed by atoms with Gasteiger partial charge in [-0.3, -0.25) is 0 Å². The van der Waals surface area contributed by atoms with Crippen molar-refractivity contribution >= 4 is 17.7 Å². The van der Waals surface area contributed by atoms with Gasteiger partial charge in [0.2, 0.25) is 0 Å². The molecule has 0 radical (unpaired) electrons. The molecule has 15 heavy (non-hydrogen) atoms. The lowest BCUT2D eigenvalue weighted by Crippen LogP contribution is -2.47. The van der Waals surface area contributed by atoms with Crippen LogP contribution in [-0.2, 0) is 10.3 Å². The highest BCUT2D eigenvalue weighted by atomic mass is 32.2. The van der Waals surface area contributed by atoms with E-state index in [0.717, 1.165) is 0 Å². The molecule has 0 bridgehead atoms. The summed E-state index contributed by atoms with van der Waals surface area (Å²) in [4.78, 5) is 11.7. The second-order valence-corrected chi connectivity index (χ2v) is 4.65. The Morgan fingerprint density at radius 3 is 3.00 bits per heavy atom. The first-order valence-corrected chi connectivity index (χ1v) is 5.48. The van der Waals surface area contributed by atoms with Crippen molar-refractivity contribution in [2.45, 2.75) is 16.9 Å². The normalized spacial score (nSPS) is 24.7. The Balaban J connectivity index is 2.56.